The van der Waals surface area contributed by atoms with Gasteiger partial charge in [-0.15, -0.1) is 0 Å². The third-order valence-corrected chi connectivity index (χ3v) is 8.13. The van der Waals surface area contributed by atoms with Gasteiger partial charge in [0.15, 0.2) is 6.29 Å². The minimum absolute atomic E-state index is 0.117. The molecule has 39 heavy (non-hydrogen) atoms. The lowest BCUT2D eigenvalue weighted by atomic mass is 10.1. The minimum Gasteiger partial charge on any atom is -0.355 e. The number of aliphatic imine (C=N–C) groups is 1. The zero-order chi connectivity index (χ0) is 26.6. The normalized spacial score (nSPS) is 28.0. The molecule has 1 aromatic carbocycles. The second-order valence-electron chi connectivity index (χ2n) is 11.4. The Balaban J connectivity index is 1.22. The Morgan fingerprint density at radius 3 is 2.62 bits per heavy atom. The molecule has 9 nitrogen and oxygen atoms in total. The number of aromatic nitrogens is 1. The van der Waals surface area contributed by atoms with Gasteiger partial charge in [-0.2, -0.15) is 0 Å². The number of carbonyl (C=O) groups excluding carboxylic acids is 1. The summed E-state index contributed by atoms with van der Waals surface area (Å²) in [7, 11) is 2.07. The molecule has 2 unspecified atom stereocenters. The number of piperazine rings is 1. The van der Waals surface area contributed by atoms with Crippen LogP contribution in [0.1, 0.15) is 36.8 Å². The van der Waals surface area contributed by atoms with Crippen LogP contribution in [-0.2, 0) is 11.3 Å². The number of amides is 1. The molecule has 1 saturated heterocycles. The van der Waals surface area contributed by atoms with Crippen molar-refractivity contribution >= 4 is 29.2 Å². The zero-order valence-electron chi connectivity index (χ0n) is 22.9. The first-order chi connectivity index (χ1) is 19.1. The number of benzene rings is 1. The molecular weight excluding hydrogens is 488 g/mol. The van der Waals surface area contributed by atoms with Crippen LogP contribution in [0.3, 0.4) is 0 Å². The molecule has 2 atom stereocenters. The van der Waals surface area contributed by atoms with Crippen molar-refractivity contribution in [1.29, 1.82) is 0 Å². The molecule has 1 amide bonds. The number of nitrogens with zero attached hydrogens (tertiary/aromatic N) is 5. The van der Waals surface area contributed by atoms with Crippen LogP contribution in [0.15, 0.2) is 53.8 Å². The first kappa shape index (κ1) is 26.0. The van der Waals surface area contributed by atoms with E-state index in [2.05, 4.69) is 79.2 Å². The molecule has 9 rings (SSSR count). The molecular formula is C30H40N8O. The number of pyridine rings is 1. The van der Waals surface area contributed by atoms with Crippen molar-refractivity contribution in [3.05, 3.63) is 59.9 Å². The highest BCUT2D eigenvalue weighted by molar-refractivity contribution is 6.10. The van der Waals surface area contributed by atoms with Crippen molar-refractivity contribution in [1.82, 2.24) is 30.3 Å². The Hall–Kier alpha value is -3.27. The number of carbonyl (C=O) groups is 1. The summed E-state index contributed by atoms with van der Waals surface area (Å²) >= 11 is 0. The summed E-state index contributed by atoms with van der Waals surface area (Å²) in [6, 6.07) is 13.0. The standard InChI is InChI=1S/C30H40N8O/c1-36-20-25-18-33-30(36)35-27(15-22-5-6-22)8-10-32-29(39)21-38-13-11-37(12-14-38)19-23-3-2-4-26(16-23)34-28-17-24(25)7-9-31-28/h2-4,7,9,16-18,20,22,27,30,35H,5-6,8,10-15,19,21H2,1H3,(H,31,34)(H,32,39). The molecule has 0 spiro atoms. The van der Waals surface area contributed by atoms with E-state index >= 15 is 0 Å². The molecule has 1 aliphatic carbocycles. The molecule has 7 heterocycles. The highest BCUT2D eigenvalue weighted by atomic mass is 16.2. The highest BCUT2D eigenvalue weighted by Gasteiger charge is 2.28. The molecule has 8 bridgehead atoms. The van der Waals surface area contributed by atoms with E-state index in [-0.39, 0.29) is 12.2 Å². The second-order valence-corrected chi connectivity index (χ2v) is 11.4. The quantitative estimate of drug-likeness (QED) is 0.553. The number of rotatable bonds is 2. The number of nitrogens with one attached hydrogen (secondary N) is 3. The minimum atomic E-state index is -0.117. The molecule has 2 fully saturated rings. The average Bonchev–Trinajstić information content (AvgIpc) is 3.75. The van der Waals surface area contributed by atoms with Crippen molar-refractivity contribution < 1.29 is 4.79 Å². The van der Waals surface area contributed by atoms with Gasteiger partial charge in [-0.3, -0.25) is 24.9 Å². The monoisotopic (exact) mass is 528 g/mol. The summed E-state index contributed by atoms with van der Waals surface area (Å²) in [5.41, 5.74) is 4.42. The Kier molecular flexibility index (Phi) is 7.90. The van der Waals surface area contributed by atoms with Crippen LogP contribution in [0.4, 0.5) is 11.5 Å². The SMILES string of the molecule is CN1C=C2C=NC1NC(CC1CC1)CCNC(=O)CN1CCN(CC1)Cc1cccc(c1)Nc1cc2ccn1. The Labute approximate surface area is 231 Å². The van der Waals surface area contributed by atoms with Crippen LogP contribution in [0.25, 0.3) is 5.57 Å². The molecule has 0 radical (unpaired) electrons. The Bertz CT molecular complexity index is 1220. The van der Waals surface area contributed by atoms with Gasteiger partial charge in [0.2, 0.25) is 5.91 Å². The lowest BCUT2D eigenvalue weighted by Gasteiger charge is -2.34. The third-order valence-electron chi connectivity index (χ3n) is 8.13. The summed E-state index contributed by atoms with van der Waals surface area (Å²) in [5, 5.41) is 10.4. The lowest BCUT2D eigenvalue weighted by Crippen LogP contribution is -2.50. The topological polar surface area (TPSA) is 88.1 Å². The average molecular weight is 529 g/mol. The predicted molar refractivity (Wildman–Crippen MR) is 156 cm³/mol. The molecule has 7 aliphatic rings. The highest BCUT2D eigenvalue weighted by Crippen LogP contribution is 2.34. The maximum Gasteiger partial charge on any atom is 0.234 e. The van der Waals surface area contributed by atoms with Crippen molar-refractivity contribution in [2.24, 2.45) is 10.9 Å². The first-order valence-electron chi connectivity index (χ1n) is 14.3. The number of hydrogen-bond donors (Lipinski definition) is 3. The van der Waals surface area contributed by atoms with Gasteiger partial charge < -0.3 is 15.5 Å². The molecule has 6 aliphatic heterocycles. The van der Waals surface area contributed by atoms with E-state index in [9.17, 15) is 4.79 Å². The zero-order valence-corrected chi connectivity index (χ0v) is 22.9. The molecule has 3 N–H and O–H groups in total. The van der Waals surface area contributed by atoms with Gasteiger partial charge in [0.1, 0.15) is 5.82 Å². The van der Waals surface area contributed by atoms with Gasteiger partial charge in [0.25, 0.3) is 0 Å². The van der Waals surface area contributed by atoms with Gasteiger partial charge in [-0.1, -0.05) is 25.0 Å². The fourth-order valence-corrected chi connectivity index (χ4v) is 5.71. The fourth-order valence-electron chi connectivity index (χ4n) is 5.71. The largest absolute Gasteiger partial charge is 0.355 e. The van der Waals surface area contributed by atoms with Gasteiger partial charge >= 0.3 is 0 Å². The molecule has 1 saturated carbocycles. The summed E-state index contributed by atoms with van der Waals surface area (Å²) in [4.78, 5) is 29.0. The van der Waals surface area contributed by atoms with Crippen LogP contribution in [0, 0.1) is 5.92 Å². The van der Waals surface area contributed by atoms with E-state index in [0.29, 0.717) is 19.1 Å². The van der Waals surface area contributed by atoms with Crippen LogP contribution in [0.5, 0.6) is 0 Å². The van der Waals surface area contributed by atoms with Gasteiger partial charge in [0, 0.05) is 82.2 Å². The smallest absolute Gasteiger partial charge is 0.234 e. The van der Waals surface area contributed by atoms with Crippen LogP contribution in [0.2, 0.25) is 0 Å². The second kappa shape index (κ2) is 11.9. The van der Waals surface area contributed by atoms with E-state index in [0.717, 1.165) is 74.1 Å². The molecule has 1 aromatic heterocycles. The van der Waals surface area contributed by atoms with Gasteiger partial charge in [-0.05, 0) is 54.2 Å². The van der Waals surface area contributed by atoms with Crippen LogP contribution in [-0.4, -0.2) is 90.5 Å². The van der Waals surface area contributed by atoms with Crippen molar-refractivity contribution in [3.8, 4) is 0 Å². The predicted octanol–water partition coefficient (Wildman–Crippen LogP) is 2.86. The molecule has 206 valence electrons. The van der Waals surface area contributed by atoms with Gasteiger partial charge in [-0.25, -0.2) is 4.98 Å². The maximum atomic E-state index is 12.7. The summed E-state index contributed by atoms with van der Waals surface area (Å²) in [6.07, 6.45) is 10.5. The summed E-state index contributed by atoms with van der Waals surface area (Å²) in [6.45, 7) is 5.81. The van der Waals surface area contributed by atoms with Gasteiger partial charge in [0.05, 0.1) is 6.54 Å². The summed E-state index contributed by atoms with van der Waals surface area (Å²) in [5.74, 6) is 1.74. The van der Waals surface area contributed by atoms with Crippen LogP contribution >= 0.6 is 0 Å². The molecule has 2 aromatic rings. The molecule has 9 heteroatoms. The van der Waals surface area contributed by atoms with E-state index < -0.39 is 0 Å². The van der Waals surface area contributed by atoms with E-state index in [1.165, 1.54) is 18.4 Å². The fraction of sp³-hybridized carbons (Fsp3) is 0.500. The number of hydrogen-bond acceptors (Lipinski definition) is 8. The summed E-state index contributed by atoms with van der Waals surface area (Å²) < 4.78 is 0. The Morgan fingerprint density at radius 2 is 1.82 bits per heavy atom. The lowest BCUT2D eigenvalue weighted by molar-refractivity contribution is -0.122. The van der Waals surface area contributed by atoms with Crippen LogP contribution < -0.4 is 16.0 Å². The van der Waals surface area contributed by atoms with E-state index in [1.807, 2.05) is 18.5 Å². The van der Waals surface area contributed by atoms with Crippen molar-refractivity contribution in [3.63, 3.8) is 0 Å². The van der Waals surface area contributed by atoms with Crippen molar-refractivity contribution in [2.45, 2.75) is 44.6 Å². The maximum absolute atomic E-state index is 12.7. The Morgan fingerprint density at radius 1 is 1.00 bits per heavy atom. The first-order valence-corrected chi connectivity index (χ1v) is 14.3. The van der Waals surface area contributed by atoms with E-state index in [4.69, 9.17) is 4.99 Å². The third kappa shape index (κ3) is 7.03. The number of allylic oxidation sites excluding steroid dienone is 1. The van der Waals surface area contributed by atoms with E-state index in [1.54, 1.807) is 0 Å². The number of anilines is 2. The van der Waals surface area contributed by atoms with Crippen molar-refractivity contribution in [2.75, 3.05) is 51.6 Å².